The maximum absolute atomic E-state index is 11.8. The lowest BCUT2D eigenvalue weighted by Gasteiger charge is -2.48. The first-order chi connectivity index (χ1) is 9.99. The van der Waals surface area contributed by atoms with E-state index in [1.54, 1.807) is 23.7 Å². The Morgan fingerprint density at radius 2 is 2.43 bits per heavy atom. The van der Waals surface area contributed by atoms with Gasteiger partial charge >= 0.3 is 5.97 Å². The molecule has 4 N–H and O–H groups in total. The number of hydrogen-bond acceptors (Lipinski definition) is 8. The lowest BCUT2D eigenvalue weighted by molar-refractivity contribution is -0.147. The van der Waals surface area contributed by atoms with Gasteiger partial charge in [0.1, 0.15) is 17.1 Å². The van der Waals surface area contributed by atoms with Crippen molar-refractivity contribution in [2.24, 2.45) is 5.73 Å². The van der Waals surface area contributed by atoms with Crippen molar-refractivity contribution >= 4 is 47.3 Å². The number of rotatable bonds is 4. The summed E-state index contributed by atoms with van der Waals surface area (Å²) in [5, 5.41) is 9.19. The zero-order valence-corrected chi connectivity index (χ0v) is 13.6. The van der Waals surface area contributed by atoms with Gasteiger partial charge in [-0.15, -0.1) is 23.5 Å². The van der Waals surface area contributed by atoms with Crippen LogP contribution in [0.25, 0.3) is 0 Å². The van der Waals surface area contributed by atoms with Crippen LogP contribution in [0.5, 0.6) is 0 Å². The Hall–Kier alpha value is -0.810. The van der Waals surface area contributed by atoms with Crippen LogP contribution in [0.15, 0.2) is 21.7 Å². The van der Waals surface area contributed by atoms with Gasteiger partial charge in [0, 0.05) is 24.8 Å². The van der Waals surface area contributed by atoms with Crippen molar-refractivity contribution in [2.45, 2.75) is 11.4 Å². The van der Waals surface area contributed by atoms with Gasteiger partial charge in [0.25, 0.3) is 0 Å². The number of carboxylic acid groups (broad SMARTS) is 1. The molecule has 0 saturated carbocycles. The largest absolute Gasteiger partial charge is 0.477 e. The number of thioether (sulfide) groups is 2. The highest BCUT2D eigenvalue weighted by Gasteiger charge is 2.51. The van der Waals surface area contributed by atoms with Gasteiger partial charge in [0.15, 0.2) is 0 Å². The molecule has 3 aliphatic heterocycles. The molecule has 114 valence electrons. The Bertz CT molecular complexity index is 565. The van der Waals surface area contributed by atoms with Crippen LogP contribution in [0.1, 0.15) is 0 Å². The van der Waals surface area contributed by atoms with E-state index in [1.807, 2.05) is 17.7 Å². The van der Waals surface area contributed by atoms with Crippen molar-refractivity contribution in [1.29, 1.82) is 0 Å². The molecule has 7 nitrogen and oxygen atoms in total. The maximum Gasteiger partial charge on any atom is 0.352 e. The fraction of sp³-hybridized carbons (Fsp3) is 0.455. The monoisotopic (exact) mass is 346 g/mol. The van der Waals surface area contributed by atoms with E-state index < -0.39 is 12.0 Å². The zero-order chi connectivity index (χ0) is 15.1. The normalized spacial score (nSPS) is 29.0. The predicted molar refractivity (Wildman–Crippen MR) is 84.8 cm³/mol. The van der Waals surface area contributed by atoms with Crippen molar-refractivity contribution in [3.63, 3.8) is 0 Å². The lowest BCUT2D eigenvalue weighted by Crippen LogP contribution is -2.68. The first-order valence-electron chi connectivity index (χ1n) is 6.15. The van der Waals surface area contributed by atoms with Crippen LogP contribution in [0, 0.1) is 0 Å². The number of nitrogens with one attached hydrogen (secondary N) is 1. The Kier molecular flexibility index (Phi) is 4.14. The summed E-state index contributed by atoms with van der Waals surface area (Å²) in [6.45, 7) is 0. The molecule has 3 rings (SSSR count). The molecule has 1 fully saturated rings. The third kappa shape index (κ3) is 2.66. The van der Waals surface area contributed by atoms with E-state index in [1.165, 1.54) is 16.7 Å². The summed E-state index contributed by atoms with van der Waals surface area (Å²) in [5.74, 6) is -0.213. The molecule has 3 aliphatic rings. The number of carboxylic acids is 1. The van der Waals surface area contributed by atoms with E-state index in [-0.39, 0.29) is 17.0 Å². The maximum atomic E-state index is 11.8. The van der Waals surface area contributed by atoms with Crippen LogP contribution in [0.3, 0.4) is 0 Å². The van der Waals surface area contributed by atoms with Crippen molar-refractivity contribution < 1.29 is 14.7 Å². The fourth-order valence-corrected chi connectivity index (χ4v) is 5.57. The standard InChI is InChI=1S/C11H14N4O3S3/c1-14-13-2-6(21-14)19-3-5-4-20-10-7(12)9(16)15(10)8(5)11(17)18/h2,7,10,13H,3-4,12H2,1H3,(H,17,18)/t7?,10-/m0/s1. The quantitative estimate of drug-likeness (QED) is 0.487. The molecule has 0 bridgehead atoms. The highest BCUT2D eigenvalue weighted by atomic mass is 32.2. The van der Waals surface area contributed by atoms with Gasteiger partial charge in [-0.2, -0.15) is 4.41 Å². The molecule has 1 saturated heterocycles. The molecule has 10 heteroatoms. The van der Waals surface area contributed by atoms with Gasteiger partial charge in [-0.1, -0.05) is 0 Å². The molecule has 0 aromatic carbocycles. The van der Waals surface area contributed by atoms with E-state index in [0.717, 1.165) is 9.81 Å². The van der Waals surface area contributed by atoms with Crippen LogP contribution >= 0.6 is 35.5 Å². The van der Waals surface area contributed by atoms with Gasteiger partial charge in [-0.3, -0.25) is 9.69 Å². The molecule has 0 aromatic rings. The second-order valence-corrected chi connectivity index (χ2v) is 8.21. The smallest absolute Gasteiger partial charge is 0.352 e. The first kappa shape index (κ1) is 15.1. The molecule has 0 aliphatic carbocycles. The lowest BCUT2D eigenvalue weighted by atomic mass is 10.0. The number of fused-ring (bicyclic) bond motifs is 1. The number of nitrogens with two attached hydrogens (primary N) is 1. The highest BCUT2D eigenvalue weighted by molar-refractivity contribution is 8.21. The number of nitrogens with zero attached hydrogens (tertiary/aromatic N) is 2. The first-order valence-corrected chi connectivity index (χ1v) is 8.96. The number of hydrogen-bond donors (Lipinski definition) is 3. The van der Waals surface area contributed by atoms with E-state index in [4.69, 9.17) is 5.73 Å². The van der Waals surface area contributed by atoms with E-state index in [2.05, 4.69) is 5.43 Å². The van der Waals surface area contributed by atoms with Crippen molar-refractivity contribution in [1.82, 2.24) is 14.7 Å². The minimum Gasteiger partial charge on any atom is -0.477 e. The zero-order valence-electron chi connectivity index (χ0n) is 11.1. The minimum absolute atomic E-state index is 0.114. The molecule has 1 unspecified atom stereocenters. The third-order valence-electron chi connectivity index (χ3n) is 3.27. The van der Waals surface area contributed by atoms with Crippen LogP contribution < -0.4 is 11.2 Å². The van der Waals surface area contributed by atoms with E-state index >= 15 is 0 Å². The number of carbonyl (C=O) groups excluding carboxylic acids is 1. The summed E-state index contributed by atoms with van der Waals surface area (Å²) in [7, 11) is 1.90. The Balaban J connectivity index is 1.75. The summed E-state index contributed by atoms with van der Waals surface area (Å²) in [6, 6.07) is -0.579. The third-order valence-corrected chi connectivity index (χ3v) is 6.78. The van der Waals surface area contributed by atoms with Crippen molar-refractivity contribution in [2.75, 3.05) is 18.6 Å². The van der Waals surface area contributed by atoms with Crippen LogP contribution in [0.4, 0.5) is 0 Å². The van der Waals surface area contributed by atoms with Gasteiger partial charge in [0.05, 0.1) is 4.24 Å². The Morgan fingerprint density at radius 3 is 3.05 bits per heavy atom. The van der Waals surface area contributed by atoms with Crippen molar-refractivity contribution in [3.05, 3.63) is 21.7 Å². The number of β-lactam (4-membered cyclic amide) rings is 1. The van der Waals surface area contributed by atoms with Crippen LogP contribution in [-0.2, 0) is 9.59 Å². The summed E-state index contributed by atoms with van der Waals surface area (Å²) >= 11 is 4.64. The molecule has 21 heavy (non-hydrogen) atoms. The molecule has 1 amide bonds. The topological polar surface area (TPSA) is 98.9 Å². The minimum atomic E-state index is -1.06. The highest BCUT2D eigenvalue weighted by Crippen LogP contribution is 2.42. The Labute approximate surface area is 134 Å². The predicted octanol–water partition coefficient (Wildman–Crippen LogP) is 0.198. The second kappa shape index (κ2) is 5.76. The van der Waals surface area contributed by atoms with E-state index in [9.17, 15) is 14.7 Å². The number of carbonyl (C=O) groups is 2. The van der Waals surface area contributed by atoms with Gasteiger partial charge in [0.2, 0.25) is 5.91 Å². The van der Waals surface area contributed by atoms with Crippen LogP contribution in [-0.4, -0.2) is 56.3 Å². The second-order valence-electron chi connectivity index (χ2n) is 4.66. The fourth-order valence-electron chi connectivity index (χ4n) is 2.25. The molecule has 3 heterocycles. The van der Waals surface area contributed by atoms with Gasteiger partial charge in [-0.05, 0) is 17.5 Å². The molecule has 0 radical (unpaired) electrons. The summed E-state index contributed by atoms with van der Waals surface area (Å²) < 4.78 is 2.92. The van der Waals surface area contributed by atoms with Gasteiger partial charge in [-0.25, -0.2) is 4.79 Å². The average molecular weight is 346 g/mol. The molecule has 0 spiro atoms. The van der Waals surface area contributed by atoms with Crippen LogP contribution in [0.2, 0.25) is 0 Å². The molecule has 2 atom stereocenters. The number of aliphatic carboxylic acids is 1. The SMILES string of the molecule is CN1NC=C(SCC2=C(C(=O)O)N3C(=O)C(N)[C@@H]3SC2)S1. The molecular formula is C11H14N4O3S3. The summed E-state index contributed by atoms with van der Waals surface area (Å²) in [5.41, 5.74) is 9.62. The van der Waals surface area contributed by atoms with E-state index in [0.29, 0.717) is 11.5 Å². The summed E-state index contributed by atoms with van der Waals surface area (Å²) in [6.07, 6.45) is 1.87. The van der Waals surface area contributed by atoms with Crippen molar-refractivity contribution in [3.8, 4) is 0 Å². The average Bonchev–Trinajstić information content (AvgIpc) is 2.88. The Morgan fingerprint density at radius 1 is 1.67 bits per heavy atom. The van der Waals surface area contributed by atoms with Gasteiger partial charge < -0.3 is 16.3 Å². The number of amides is 1. The summed E-state index contributed by atoms with van der Waals surface area (Å²) in [4.78, 5) is 24.6. The number of hydrazine groups is 1. The molecular weight excluding hydrogens is 332 g/mol. The molecule has 0 aromatic heterocycles.